The van der Waals surface area contributed by atoms with Gasteiger partial charge in [0.05, 0.1) is 6.26 Å². The zero-order valence-electron chi connectivity index (χ0n) is 11.8. The summed E-state index contributed by atoms with van der Waals surface area (Å²) in [6, 6.07) is 4.76. The van der Waals surface area contributed by atoms with E-state index in [9.17, 15) is 12.8 Å². The van der Waals surface area contributed by atoms with E-state index in [2.05, 4.69) is 4.98 Å². The Labute approximate surface area is 119 Å². The standard InChI is InChI=1S/C13H20FN3O2S/c1-3-17(20(2,18)19)11-7-9-16(10-8-11)13-6-4-5-12(14)15-13/h4-6,11H,3,7-10H2,1-2H3. The van der Waals surface area contributed by atoms with Crippen molar-refractivity contribution in [3.63, 3.8) is 0 Å². The number of halogens is 1. The minimum absolute atomic E-state index is 0.0276. The van der Waals surface area contributed by atoms with Crippen molar-refractivity contribution in [1.29, 1.82) is 0 Å². The summed E-state index contributed by atoms with van der Waals surface area (Å²) in [6.07, 6.45) is 2.72. The number of piperidine rings is 1. The van der Waals surface area contributed by atoms with Crippen LogP contribution in [-0.4, -0.2) is 49.6 Å². The van der Waals surface area contributed by atoms with E-state index in [1.165, 1.54) is 12.3 Å². The molecule has 0 atom stereocenters. The second-order valence-electron chi connectivity index (χ2n) is 5.00. The summed E-state index contributed by atoms with van der Waals surface area (Å²) in [4.78, 5) is 5.86. The van der Waals surface area contributed by atoms with Gasteiger partial charge in [-0.2, -0.15) is 8.70 Å². The lowest BCUT2D eigenvalue weighted by Crippen LogP contribution is -2.47. The van der Waals surface area contributed by atoms with Gasteiger partial charge in [-0.25, -0.2) is 13.4 Å². The van der Waals surface area contributed by atoms with E-state index in [1.54, 1.807) is 16.4 Å². The van der Waals surface area contributed by atoms with Gasteiger partial charge in [0.2, 0.25) is 16.0 Å². The van der Waals surface area contributed by atoms with E-state index >= 15 is 0 Å². The molecule has 1 aliphatic heterocycles. The topological polar surface area (TPSA) is 53.5 Å². The van der Waals surface area contributed by atoms with Crippen LogP contribution in [-0.2, 0) is 10.0 Å². The molecule has 5 nitrogen and oxygen atoms in total. The third-order valence-electron chi connectivity index (χ3n) is 3.63. The van der Waals surface area contributed by atoms with Crippen molar-refractivity contribution in [3.05, 3.63) is 24.1 Å². The van der Waals surface area contributed by atoms with Gasteiger partial charge in [-0.05, 0) is 25.0 Å². The summed E-state index contributed by atoms with van der Waals surface area (Å²) < 4.78 is 38.1. The van der Waals surface area contributed by atoms with E-state index in [-0.39, 0.29) is 6.04 Å². The van der Waals surface area contributed by atoms with E-state index in [0.717, 1.165) is 12.8 Å². The molecule has 0 unspecified atom stereocenters. The molecule has 1 saturated heterocycles. The van der Waals surface area contributed by atoms with Crippen molar-refractivity contribution >= 4 is 15.8 Å². The Kier molecular flexibility index (Phi) is 4.59. The Balaban J connectivity index is 2.02. The number of rotatable bonds is 4. The Morgan fingerprint density at radius 1 is 1.40 bits per heavy atom. The molecule has 0 saturated carbocycles. The average molecular weight is 301 g/mol. The lowest BCUT2D eigenvalue weighted by Gasteiger charge is -2.37. The molecule has 1 aromatic rings. The van der Waals surface area contributed by atoms with Crippen LogP contribution in [0.3, 0.4) is 0 Å². The molecule has 2 heterocycles. The summed E-state index contributed by atoms with van der Waals surface area (Å²) in [5.74, 6) is 0.127. The molecule has 0 aromatic carbocycles. The largest absolute Gasteiger partial charge is 0.356 e. The summed E-state index contributed by atoms with van der Waals surface area (Å²) in [5.41, 5.74) is 0. The van der Waals surface area contributed by atoms with E-state index in [4.69, 9.17) is 0 Å². The fraction of sp³-hybridized carbons (Fsp3) is 0.615. The molecular weight excluding hydrogens is 281 g/mol. The molecule has 112 valence electrons. The van der Waals surface area contributed by atoms with Gasteiger partial charge in [-0.1, -0.05) is 13.0 Å². The van der Waals surface area contributed by atoms with Crippen LogP contribution in [0, 0.1) is 5.95 Å². The third kappa shape index (κ3) is 3.46. The van der Waals surface area contributed by atoms with Crippen molar-refractivity contribution < 1.29 is 12.8 Å². The Morgan fingerprint density at radius 3 is 2.55 bits per heavy atom. The fourth-order valence-electron chi connectivity index (χ4n) is 2.72. The first kappa shape index (κ1) is 15.2. The normalized spacial score (nSPS) is 17.7. The molecular formula is C13H20FN3O2S. The smallest absolute Gasteiger partial charge is 0.214 e. The molecule has 7 heteroatoms. The van der Waals surface area contributed by atoms with Gasteiger partial charge < -0.3 is 4.90 Å². The second kappa shape index (κ2) is 6.05. The fourth-order valence-corrected chi connectivity index (χ4v) is 3.94. The number of nitrogens with zero attached hydrogens (tertiary/aromatic N) is 3. The Morgan fingerprint density at radius 2 is 2.05 bits per heavy atom. The number of sulfonamides is 1. The summed E-state index contributed by atoms with van der Waals surface area (Å²) in [5, 5.41) is 0. The Bertz CT molecular complexity index is 556. The zero-order chi connectivity index (χ0) is 14.8. The first-order chi connectivity index (χ1) is 9.41. The summed E-state index contributed by atoms with van der Waals surface area (Å²) in [7, 11) is -3.16. The van der Waals surface area contributed by atoms with Crippen LogP contribution in [0.2, 0.25) is 0 Å². The van der Waals surface area contributed by atoms with Gasteiger partial charge in [-0.15, -0.1) is 0 Å². The number of aromatic nitrogens is 1. The summed E-state index contributed by atoms with van der Waals surface area (Å²) >= 11 is 0. The predicted octanol–water partition coefficient (Wildman–Crippen LogP) is 1.47. The van der Waals surface area contributed by atoms with Crippen LogP contribution in [0.15, 0.2) is 18.2 Å². The molecule has 20 heavy (non-hydrogen) atoms. The molecule has 2 rings (SSSR count). The maximum absolute atomic E-state index is 13.1. The van der Waals surface area contributed by atoms with Crippen LogP contribution in [0.5, 0.6) is 0 Å². The van der Waals surface area contributed by atoms with Crippen LogP contribution < -0.4 is 4.90 Å². The molecule has 0 bridgehead atoms. The van der Waals surface area contributed by atoms with Crippen LogP contribution >= 0.6 is 0 Å². The second-order valence-corrected chi connectivity index (χ2v) is 6.94. The highest BCUT2D eigenvalue weighted by atomic mass is 32.2. The van der Waals surface area contributed by atoms with Gasteiger partial charge in [-0.3, -0.25) is 0 Å². The number of hydrogen-bond donors (Lipinski definition) is 0. The van der Waals surface area contributed by atoms with Gasteiger partial charge in [0.1, 0.15) is 5.82 Å². The SMILES string of the molecule is CCN(C1CCN(c2cccc(F)n2)CC1)S(C)(=O)=O. The molecule has 0 spiro atoms. The van der Waals surface area contributed by atoms with Gasteiger partial charge in [0.15, 0.2) is 0 Å². The third-order valence-corrected chi connectivity index (χ3v) is 5.04. The highest BCUT2D eigenvalue weighted by Gasteiger charge is 2.29. The maximum Gasteiger partial charge on any atom is 0.214 e. The van der Waals surface area contributed by atoms with E-state index in [0.29, 0.717) is 25.5 Å². The van der Waals surface area contributed by atoms with Crippen molar-refractivity contribution in [3.8, 4) is 0 Å². The minimum atomic E-state index is -3.16. The highest BCUT2D eigenvalue weighted by molar-refractivity contribution is 7.88. The predicted molar refractivity (Wildman–Crippen MR) is 76.7 cm³/mol. The van der Waals surface area contributed by atoms with E-state index < -0.39 is 16.0 Å². The van der Waals surface area contributed by atoms with Crippen LogP contribution in [0.4, 0.5) is 10.2 Å². The quantitative estimate of drug-likeness (QED) is 0.790. The van der Waals surface area contributed by atoms with Crippen LogP contribution in [0.25, 0.3) is 0 Å². The molecule has 0 N–H and O–H groups in total. The monoisotopic (exact) mass is 301 g/mol. The minimum Gasteiger partial charge on any atom is -0.356 e. The summed E-state index contributed by atoms with van der Waals surface area (Å²) in [6.45, 7) is 3.71. The highest BCUT2D eigenvalue weighted by Crippen LogP contribution is 2.22. The number of pyridine rings is 1. The average Bonchev–Trinajstić information content (AvgIpc) is 2.38. The van der Waals surface area contributed by atoms with Gasteiger partial charge in [0.25, 0.3) is 0 Å². The number of hydrogen-bond acceptors (Lipinski definition) is 4. The lowest BCUT2D eigenvalue weighted by atomic mass is 10.1. The van der Waals surface area contributed by atoms with E-state index in [1.807, 2.05) is 11.8 Å². The first-order valence-corrected chi connectivity index (χ1v) is 8.61. The Hall–Kier alpha value is -1.21. The van der Waals surface area contributed by atoms with Crippen molar-refractivity contribution in [2.24, 2.45) is 0 Å². The molecule has 0 amide bonds. The molecule has 1 fully saturated rings. The molecule has 0 radical (unpaired) electrons. The lowest BCUT2D eigenvalue weighted by molar-refractivity contribution is 0.285. The molecule has 1 aliphatic rings. The van der Waals surface area contributed by atoms with Gasteiger partial charge >= 0.3 is 0 Å². The molecule has 0 aliphatic carbocycles. The van der Waals surface area contributed by atoms with Gasteiger partial charge in [0, 0.05) is 25.7 Å². The van der Waals surface area contributed by atoms with Crippen molar-refractivity contribution in [2.75, 3.05) is 30.8 Å². The first-order valence-electron chi connectivity index (χ1n) is 6.76. The number of anilines is 1. The zero-order valence-corrected chi connectivity index (χ0v) is 12.6. The molecule has 1 aromatic heterocycles. The maximum atomic E-state index is 13.1. The van der Waals surface area contributed by atoms with Crippen molar-refractivity contribution in [1.82, 2.24) is 9.29 Å². The van der Waals surface area contributed by atoms with Crippen molar-refractivity contribution in [2.45, 2.75) is 25.8 Å². The van der Waals surface area contributed by atoms with Crippen LogP contribution in [0.1, 0.15) is 19.8 Å².